The zero-order valence-corrected chi connectivity index (χ0v) is 17.6. The van der Waals surface area contributed by atoms with Gasteiger partial charge in [0.1, 0.15) is 5.58 Å². The number of aryl methyl sites for hydroxylation is 2. The van der Waals surface area contributed by atoms with Gasteiger partial charge in [0.25, 0.3) is 5.91 Å². The number of carbonyl (C=O) groups excluding carboxylic acids is 1. The monoisotopic (exact) mass is 404 g/mol. The van der Waals surface area contributed by atoms with E-state index in [0.29, 0.717) is 17.5 Å². The molecule has 3 aromatic rings. The Balaban J connectivity index is 1.57. The molecular weight excluding hydrogens is 376 g/mol. The molecule has 1 fully saturated rings. The molecule has 0 bridgehead atoms. The maximum atomic E-state index is 12.9. The molecule has 1 unspecified atom stereocenters. The number of likely N-dealkylation sites (tertiary alicyclic amines) is 1. The van der Waals surface area contributed by atoms with E-state index in [1.54, 1.807) is 6.07 Å². The fourth-order valence-corrected chi connectivity index (χ4v) is 4.20. The van der Waals surface area contributed by atoms with Crippen LogP contribution in [0.5, 0.6) is 0 Å². The van der Waals surface area contributed by atoms with Crippen LogP contribution in [-0.4, -0.2) is 30.4 Å². The molecule has 156 valence electrons. The second kappa shape index (κ2) is 8.84. The van der Waals surface area contributed by atoms with Gasteiger partial charge < -0.3 is 9.73 Å². The summed E-state index contributed by atoms with van der Waals surface area (Å²) in [5.74, 6) is -0.292. The molecule has 5 heteroatoms. The number of hydrogen-bond acceptors (Lipinski definition) is 4. The highest BCUT2D eigenvalue weighted by Crippen LogP contribution is 2.24. The molecule has 0 aliphatic carbocycles. The number of amides is 1. The standard InChI is InChI=1S/C25H28N2O3/c1-17-11-12-20-22(28)15-23(30-24(20)18(17)2)25(29)26-16-21(19-9-5-3-6-10-19)27-13-7-4-8-14-27/h3,5-6,9-12,15,21H,4,7-8,13-14,16H2,1-2H3,(H,26,29). The highest BCUT2D eigenvalue weighted by Gasteiger charge is 2.23. The van der Waals surface area contributed by atoms with E-state index in [9.17, 15) is 9.59 Å². The number of nitrogens with zero attached hydrogens (tertiary/aromatic N) is 1. The Morgan fingerprint density at radius 1 is 1.07 bits per heavy atom. The van der Waals surface area contributed by atoms with Crippen LogP contribution in [0.2, 0.25) is 0 Å². The third-order valence-corrected chi connectivity index (χ3v) is 6.11. The minimum atomic E-state index is -0.354. The van der Waals surface area contributed by atoms with Gasteiger partial charge in [-0.05, 0) is 62.5 Å². The van der Waals surface area contributed by atoms with E-state index in [4.69, 9.17) is 4.42 Å². The summed E-state index contributed by atoms with van der Waals surface area (Å²) in [5, 5.41) is 3.51. The predicted molar refractivity (Wildman–Crippen MR) is 119 cm³/mol. The van der Waals surface area contributed by atoms with Crippen molar-refractivity contribution in [1.82, 2.24) is 10.2 Å². The summed E-state index contributed by atoms with van der Waals surface area (Å²) in [6.07, 6.45) is 3.61. The van der Waals surface area contributed by atoms with Crippen LogP contribution in [0.4, 0.5) is 0 Å². The molecule has 1 amide bonds. The van der Waals surface area contributed by atoms with Gasteiger partial charge in [0.05, 0.1) is 11.4 Å². The minimum absolute atomic E-state index is 0.0617. The smallest absolute Gasteiger partial charge is 0.287 e. The van der Waals surface area contributed by atoms with Gasteiger partial charge in [0.15, 0.2) is 11.2 Å². The van der Waals surface area contributed by atoms with Gasteiger partial charge in [0.2, 0.25) is 0 Å². The van der Waals surface area contributed by atoms with Crippen molar-refractivity contribution in [1.29, 1.82) is 0 Å². The summed E-state index contributed by atoms with van der Waals surface area (Å²) < 4.78 is 5.87. The van der Waals surface area contributed by atoms with Crippen molar-refractivity contribution < 1.29 is 9.21 Å². The first-order valence-electron chi connectivity index (χ1n) is 10.7. The molecule has 2 aromatic carbocycles. The van der Waals surface area contributed by atoms with E-state index >= 15 is 0 Å². The van der Waals surface area contributed by atoms with Crippen LogP contribution in [0.15, 0.2) is 57.7 Å². The summed E-state index contributed by atoms with van der Waals surface area (Å²) in [7, 11) is 0. The number of fused-ring (bicyclic) bond motifs is 1. The van der Waals surface area contributed by atoms with Crippen molar-refractivity contribution in [2.75, 3.05) is 19.6 Å². The summed E-state index contributed by atoms with van der Waals surface area (Å²) in [4.78, 5) is 27.9. The lowest BCUT2D eigenvalue weighted by Crippen LogP contribution is -2.40. The van der Waals surface area contributed by atoms with E-state index in [-0.39, 0.29) is 23.1 Å². The first-order valence-corrected chi connectivity index (χ1v) is 10.7. The molecule has 1 atom stereocenters. The first-order chi connectivity index (χ1) is 14.5. The molecule has 1 aromatic heterocycles. The zero-order valence-electron chi connectivity index (χ0n) is 17.6. The Kier molecular flexibility index (Phi) is 6.00. The molecule has 1 aliphatic rings. The number of hydrogen-bond donors (Lipinski definition) is 1. The number of piperidine rings is 1. The SMILES string of the molecule is Cc1ccc2c(=O)cc(C(=O)NCC(c3ccccc3)N3CCCCC3)oc2c1C. The van der Waals surface area contributed by atoms with E-state index in [1.807, 2.05) is 38.1 Å². The molecule has 5 nitrogen and oxygen atoms in total. The van der Waals surface area contributed by atoms with E-state index in [0.717, 1.165) is 24.2 Å². The van der Waals surface area contributed by atoms with Crippen molar-refractivity contribution in [2.24, 2.45) is 0 Å². The lowest BCUT2D eigenvalue weighted by atomic mass is 10.0. The molecule has 0 spiro atoms. The summed E-state index contributed by atoms with van der Waals surface area (Å²) in [5.41, 5.74) is 3.39. The quantitative estimate of drug-likeness (QED) is 0.686. The molecule has 1 N–H and O–H groups in total. The minimum Gasteiger partial charge on any atom is -0.450 e. The van der Waals surface area contributed by atoms with Gasteiger partial charge in [-0.25, -0.2) is 0 Å². The fraction of sp³-hybridized carbons (Fsp3) is 0.360. The van der Waals surface area contributed by atoms with Crippen LogP contribution in [-0.2, 0) is 0 Å². The Morgan fingerprint density at radius 3 is 2.53 bits per heavy atom. The maximum Gasteiger partial charge on any atom is 0.287 e. The molecule has 1 aliphatic heterocycles. The zero-order chi connectivity index (χ0) is 21.1. The van der Waals surface area contributed by atoms with Crippen molar-refractivity contribution in [2.45, 2.75) is 39.2 Å². The Labute approximate surface area is 176 Å². The molecular formula is C25H28N2O3. The largest absolute Gasteiger partial charge is 0.450 e. The number of rotatable bonds is 5. The second-order valence-corrected chi connectivity index (χ2v) is 8.09. The van der Waals surface area contributed by atoms with Crippen molar-refractivity contribution in [3.8, 4) is 0 Å². The van der Waals surface area contributed by atoms with Crippen LogP contribution < -0.4 is 10.7 Å². The van der Waals surface area contributed by atoms with Gasteiger partial charge in [-0.3, -0.25) is 14.5 Å². The Bertz CT molecular complexity index is 1100. The highest BCUT2D eigenvalue weighted by atomic mass is 16.3. The van der Waals surface area contributed by atoms with Crippen molar-refractivity contribution in [3.05, 3.63) is 81.2 Å². The lowest BCUT2D eigenvalue weighted by Gasteiger charge is -2.35. The van der Waals surface area contributed by atoms with E-state index < -0.39 is 0 Å². The van der Waals surface area contributed by atoms with Gasteiger partial charge in [-0.15, -0.1) is 0 Å². The molecule has 1 saturated heterocycles. The summed E-state index contributed by atoms with van der Waals surface area (Å²) in [6, 6.07) is 15.3. The normalized spacial score (nSPS) is 15.8. The van der Waals surface area contributed by atoms with E-state index in [2.05, 4.69) is 22.3 Å². The lowest BCUT2D eigenvalue weighted by molar-refractivity contribution is 0.0897. The predicted octanol–water partition coefficient (Wildman–Crippen LogP) is 4.37. The number of benzene rings is 2. The number of carbonyl (C=O) groups is 1. The van der Waals surface area contributed by atoms with Crippen molar-refractivity contribution >= 4 is 16.9 Å². The molecule has 2 heterocycles. The Morgan fingerprint density at radius 2 is 1.80 bits per heavy atom. The highest BCUT2D eigenvalue weighted by molar-refractivity contribution is 5.93. The third kappa shape index (κ3) is 4.17. The third-order valence-electron chi connectivity index (χ3n) is 6.11. The van der Waals surface area contributed by atoms with Gasteiger partial charge in [-0.1, -0.05) is 42.8 Å². The van der Waals surface area contributed by atoms with E-state index in [1.165, 1.54) is 30.9 Å². The molecule has 30 heavy (non-hydrogen) atoms. The first kappa shape index (κ1) is 20.4. The average Bonchev–Trinajstić information content (AvgIpc) is 2.78. The van der Waals surface area contributed by atoms with Crippen molar-refractivity contribution in [3.63, 3.8) is 0 Å². The van der Waals surface area contributed by atoms with Crippen LogP contribution >= 0.6 is 0 Å². The van der Waals surface area contributed by atoms with Gasteiger partial charge in [0, 0.05) is 12.6 Å². The Hall–Kier alpha value is -2.92. The molecule has 0 saturated carbocycles. The molecule has 4 rings (SSSR count). The van der Waals surface area contributed by atoms with Crippen LogP contribution in [0.1, 0.15) is 52.5 Å². The van der Waals surface area contributed by atoms with Crippen LogP contribution in [0, 0.1) is 13.8 Å². The summed E-state index contributed by atoms with van der Waals surface area (Å²) in [6.45, 7) is 6.39. The maximum absolute atomic E-state index is 12.9. The fourth-order valence-electron chi connectivity index (χ4n) is 4.20. The van der Waals surface area contributed by atoms with Gasteiger partial charge in [-0.2, -0.15) is 0 Å². The molecule has 0 radical (unpaired) electrons. The second-order valence-electron chi connectivity index (χ2n) is 8.09. The van der Waals surface area contributed by atoms with Crippen LogP contribution in [0.25, 0.3) is 11.0 Å². The topological polar surface area (TPSA) is 62.6 Å². The number of nitrogens with one attached hydrogen (secondary N) is 1. The van der Waals surface area contributed by atoms with Crippen LogP contribution in [0.3, 0.4) is 0 Å². The summed E-state index contributed by atoms with van der Waals surface area (Å²) >= 11 is 0. The van der Waals surface area contributed by atoms with Gasteiger partial charge >= 0.3 is 0 Å². The average molecular weight is 405 g/mol.